The highest BCUT2D eigenvalue weighted by atomic mass is 35.5. The van der Waals surface area contributed by atoms with Crippen LogP contribution in [0.3, 0.4) is 0 Å². The van der Waals surface area contributed by atoms with E-state index >= 15 is 0 Å². The SMILES string of the molecule is COc1cc(Cl)c(OCC(=O)CC(C)=O)cc1N. The molecule has 0 heterocycles. The average molecular weight is 272 g/mol. The molecule has 5 nitrogen and oxygen atoms in total. The summed E-state index contributed by atoms with van der Waals surface area (Å²) in [7, 11) is 1.47. The first-order chi connectivity index (χ1) is 8.43. The van der Waals surface area contributed by atoms with Crippen molar-refractivity contribution in [3.63, 3.8) is 0 Å². The van der Waals surface area contributed by atoms with Crippen molar-refractivity contribution >= 4 is 28.9 Å². The highest BCUT2D eigenvalue weighted by Crippen LogP contribution is 2.34. The molecule has 0 atom stereocenters. The van der Waals surface area contributed by atoms with Gasteiger partial charge in [0.25, 0.3) is 0 Å². The predicted octanol–water partition coefficient (Wildman–Crippen LogP) is 1.86. The Hall–Kier alpha value is -1.75. The van der Waals surface area contributed by atoms with Gasteiger partial charge in [0.2, 0.25) is 0 Å². The predicted molar refractivity (Wildman–Crippen MR) is 68.2 cm³/mol. The molecule has 0 aliphatic heterocycles. The second-order valence-electron chi connectivity index (χ2n) is 3.73. The lowest BCUT2D eigenvalue weighted by Gasteiger charge is -2.10. The smallest absolute Gasteiger partial charge is 0.177 e. The Bertz CT molecular complexity index is 473. The summed E-state index contributed by atoms with van der Waals surface area (Å²) in [5.74, 6) is 0.200. The zero-order valence-corrected chi connectivity index (χ0v) is 10.9. The summed E-state index contributed by atoms with van der Waals surface area (Å²) >= 11 is 5.93. The second-order valence-corrected chi connectivity index (χ2v) is 4.14. The molecule has 2 N–H and O–H groups in total. The van der Waals surface area contributed by atoms with Gasteiger partial charge in [-0.25, -0.2) is 0 Å². The zero-order valence-electron chi connectivity index (χ0n) is 10.2. The third kappa shape index (κ3) is 3.92. The van der Waals surface area contributed by atoms with E-state index in [4.69, 9.17) is 26.8 Å². The summed E-state index contributed by atoms with van der Waals surface area (Å²) in [4.78, 5) is 22.0. The lowest BCUT2D eigenvalue weighted by atomic mass is 10.2. The Kier molecular flexibility index (Phi) is 4.97. The fourth-order valence-corrected chi connectivity index (χ4v) is 1.53. The molecule has 0 aliphatic carbocycles. The molecular weight excluding hydrogens is 258 g/mol. The highest BCUT2D eigenvalue weighted by molar-refractivity contribution is 6.32. The van der Waals surface area contributed by atoms with Crippen LogP contribution in [-0.4, -0.2) is 25.3 Å². The number of ether oxygens (including phenoxy) is 2. The van der Waals surface area contributed by atoms with E-state index < -0.39 is 0 Å². The Balaban J connectivity index is 2.71. The topological polar surface area (TPSA) is 78.6 Å². The van der Waals surface area contributed by atoms with Crippen molar-refractivity contribution in [3.8, 4) is 11.5 Å². The lowest BCUT2D eigenvalue weighted by Crippen LogP contribution is -2.14. The third-order valence-electron chi connectivity index (χ3n) is 2.12. The summed E-state index contributed by atoms with van der Waals surface area (Å²) in [6, 6.07) is 2.98. The first kappa shape index (κ1) is 14.3. The van der Waals surface area contributed by atoms with Gasteiger partial charge in [-0.05, 0) is 6.92 Å². The third-order valence-corrected chi connectivity index (χ3v) is 2.41. The minimum atomic E-state index is -0.312. The Morgan fingerprint density at radius 2 is 2.00 bits per heavy atom. The zero-order chi connectivity index (χ0) is 13.7. The molecule has 98 valence electrons. The van der Waals surface area contributed by atoms with Crippen LogP contribution in [0.1, 0.15) is 13.3 Å². The van der Waals surface area contributed by atoms with E-state index in [-0.39, 0.29) is 35.4 Å². The minimum Gasteiger partial charge on any atom is -0.495 e. The minimum absolute atomic E-state index is 0.150. The van der Waals surface area contributed by atoms with Crippen LogP contribution in [-0.2, 0) is 9.59 Å². The monoisotopic (exact) mass is 271 g/mol. The molecule has 0 bridgehead atoms. The van der Waals surface area contributed by atoms with Crippen molar-refractivity contribution in [2.45, 2.75) is 13.3 Å². The molecule has 0 unspecified atom stereocenters. The molecule has 0 spiro atoms. The van der Waals surface area contributed by atoms with Gasteiger partial charge >= 0.3 is 0 Å². The maximum absolute atomic E-state index is 11.3. The molecule has 0 aromatic heterocycles. The van der Waals surface area contributed by atoms with Crippen molar-refractivity contribution < 1.29 is 19.1 Å². The summed E-state index contributed by atoms with van der Waals surface area (Å²) in [6.07, 6.45) is -0.150. The van der Waals surface area contributed by atoms with E-state index in [0.717, 1.165) is 0 Å². The van der Waals surface area contributed by atoms with E-state index in [1.807, 2.05) is 0 Å². The van der Waals surface area contributed by atoms with Crippen molar-refractivity contribution in [3.05, 3.63) is 17.2 Å². The number of ketones is 2. The number of nitrogen functional groups attached to an aromatic ring is 1. The van der Waals surface area contributed by atoms with Gasteiger partial charge < -0.3 is 15.2 Å². The van der Waals surface area contributed by atoms with Crippen LogP contribution in [0.5, 0.6) is 11.5 Å². The first-order valence-corrected chi connectivity index (χ1v) is 5.58. The van der Waals surface area contributed by atoms with E-state index in [2.05, 4.69) is 0 Å². The quantitative estimate of drug-likeness (QED) is 0.631. The highest BCUT2D eigenvalue weighted by Gasteiger charge is 2.11. The molecule has 1 aromatic carbocycles. The van der Waals surface area contributed by atoms with Crippen molar-refractivity contribution in [2.24, 2.45) is 0 Å². The number of Topliss-reactive ketones (excluding diaryl/α,β-unsaturated/α-hetero) is 2. The number of benzene rings is 1. The van der Waals surface area contributed by atoms with Crippen LogP contribution in [0.4, 0.5) is 5.69 Å². The van der Waals surface area contributed by atoms with Crippen LogP contribution in [0, 0.1) is 0 Å². The average Bonchev–Trinajstić information content (AvgIpc) is 2.28. The summed E-state index contributed by atoms with van der Waals surface area (Å²) < 4.78 is 10.2. The number of hydrogen-bond acceptors (Lipinski definition) is 5. The van der Waals surface area contributed by atoms with Gasteiger partial charge in [-0.3, -0.25) is 9.59 Å². The number of anilines is 1. The molecule has 0 aliphatic rings. The van der Waals surface area contributed by atoms with Gasteiger partial charge in [0.1, 0.15) is 23.9 Å². The van der Waals surface area contributed by atoms with E-state index in [1.54, 1.807) is 0 Å². The number of carbonyl (C=O) groups excluding carboxylic acids is 2. The molecular formula is C12H14ClNO4. The van der Waals surface area contributed by atoms with Gasteiger partial charge in [0.05, 0.1) is 24.2 Å². The molecule has 0 radical (unpaired) electrons. The first-order valence-electron chi connectivity index (χ1n) is 5.21. The molecule has 0 saturated carbocycles. The van der Waals surface area contributed by atoms with Gasteiger partial charge in [0.15, 0.2) is 5.78 Å². The van der Waals surface area contributed by atoms with E-state index in [9.17, 15) is 9.59 Å². The molecule has 1 rings (SSSR count). The van der Waals surface area contributed by atoms with Gasteiger partial charge in [-0.15, -0.1) is 0 Å². The lowest BCUT2D eigenvalue weighted by molar-refractivity contribution is -0.127. The largest absolute Gasteiger partial charge is 0.495 e. The standard InChI is InChI=1S/C12H14ClNO4/c1-7(15)3-8(16)6-18-11-5-10(14)12(17-2)4-9(11)13/h4-5H,3,6,14H2,1-2H3. The molecule has 0 amide bonds. The van der Waals surface area contributed by atoms with Crippen LogP contribution in [0.2, 0.25) is 5.02 Å². The fraction of sp³-hybridized carbons (Fsp3) is 0.333. The van der Waals surface area contributed by atoms with Crippen LogP contribution >= 0.6 is 11.6 Å². The number of carbonyl (C=O) groups is 2. The summed E-state index contributed by atoms with van der Waals surface area (Å²) in [6.45, 7) is 1.13. The van der Waals surface area contributed by atoms with Crippen molar-refractivity contribution in [2.75, 3.05) is 19.5 Å². The van der Waals surface area contributed by atoms with Gasteiger partial charge in [-0.1, -0.05) is 11.6 Å². The molecule has 1 aromatic rings. The number of hydrogen-bond donors (Lipinski definition) is 1. The summed E-state index contributed by atoms with van der Waals surface area (Å²) in [5.41, 5.74) is 6.04. The normalized spacial score (nSPS) is 9.94. The number of rotatable bonds is 6. The Labute approximate surface area is 110 Å². The summed E-state index contributed by atoms with van der Waals surface area (Å²) in [5, 5.41) is 0.289. The van der Waals surface area contributed by atoms with Crippen molar-refractivity contribution in [1.82, 2.24) is 0 Å². The van der Waals surface area contributed by atoms with Crippen molar-refractivity contribution in [1.29, 1.82) is 0 Å². The molecule has 0 saturated heterocycles. The maximum Gasteiger partial charge on any atom is 0.177 e. The molecule has 0 fully saturated rings. The number of methoxy groups -OCH3 is 1. The number of nitrogens with two attached hydrogens (primary N) is 1. The van der Waals surface area contributed by atoms with E-state index in [1.165, 1.54) is 26.2 Å². The fourth-order valence-electron chi connectivity index (χ4n) is 1.33. The van der Waals surface area contributed by atoms with E-state index in [0.29, 0.717) is 11.4 Å². The Morgan fingerprint density at radius 3 is 2.56 bits per heavy atom. The molecule has 18 heavy (non-hydrogen) atoms. The van der Waals surface area contributed by atoms with Crippen LogP contribution in [0.15, 0.2) is 12.1 Å². The second kappa shape index (κ2) is 6.26. The Morgan fingerprint density at radius 1 is 1.33 bits per heavy atom. The van der Waals surface area contributed by atoms with Crippen LogP contribution < -0.4 is 15.2 Å². The van der Waals surface area contributed by atoms with Crippen LogP contribution in [0.25, 0.3) is 0 Å². The molecule has 6 heteroatoms. The van der Waals surface area contributed by atoms with Gasteiger partial charge in [0, 0.05) is 12.1 Å². The van der Waals surface area contributed by atoms with Gasteiger partial charge in [-0.2, -0.15) is 0 Å². The maximum atomic E-state index is 11.3. The number of halogens is 1.